The summed E-state index contributed by atoms with van der Waals surface area (Å²) in [4.78, 5) is 18.2. The first-order chi connectivity index (χ1) is 8.24. The van der Waals surface area contributed by atoms with Crippen molar-refractivity contribution in [1.29, 1.82) is 0 Å². The second kappa shape index (κ2) is 6.88. The molecule has 1 amide bonds. The fourth-order valence-corrected chi connectivity index (χ4v) is 3.53. The number of rotatable bonds is 2. The normalized spacial score (nSPS) is 28.2. The van der Waals surface area contributed by atoms with E-state index < -0.39 is 0 Å². The fourth-order valence-electron chi connectivity index (χ4n) is 3.01. The molecule has 7 heteroatoms. The van der Waals surface area contributed by atoms with Crippen LogP contribution in [-0.4, -0.2) is 41.0 Å². The van der Waals surface area contributed by atoms with Crippen molar-refractivity contribution in [2.45, 2.75) is 43.8 Å². The lowest BCUT2D eigenvalue weighted by atomic mass is 9.98. The monoisotopic (exact) mass is 323 g/mol. The van der Waals surface area contributed by atoms with Gasteiger partial charge < -0.3 is 10.2 Å². The van der Waals surface area contributed by atoms with Gasteiger partial charge in [0.2, 0.25) is 0 Å². The standard InChI is InChI=1S/C12H17N3OS.2ClH/c1-15(12(16)11-6-17-7-13-11)10-4-8-2-3-9(5-10)14-8;;/h6-10,14H,2-5H2,1H3;2*1H. The van der Waals surface area contributed by atoms with E-state index in [9.17, 15) is 4.79 Å². The van der Waals surface area contributed by atoms with E-state index in [1.165, 1.54) is 24.2 Å². The summed E-state index contributed by atoms with van der Waals surface area (Å²) in [7, 11) is 1.91. The van der Waals surface area contributed by atoms with Gasteiger partial charge in [0.05, 0.1) is 5.51 Å². The number of carbonyl (C=O) groups excluding carboxylic acids is 1. The number of nitrogens with zero attached hydrogens (tertiary/aromatic N) is 2. The highest BCUT2D eigenvalue weighted by Gasteiger charge is 2.36. The van der Waals surface area contributed by atoms with Gasteiger partial charge in [0.25, 0.3) is 5.91 Å². The maximum absolute atomic E-state index is 12.2. The molecule has 0 saturated carbocycles. The molecule has 2 saturated heterocycles. The third kappa shape index (κ3) is 3.40. The molecule has 2 aliphatic rings. The van der Waals surface area contributed by atoms with Gasteiger partial charge in [-0.15, -0.1) is 36.2 Å². The van der Waals surface area contributed by atoms with Crippen LogP contribution < -0.4 is 5.32 Å². The molecule has 2 unspecified atom stereocenters. The van der Waals surface area contributed by atoms with Gasteiger partial charge in [0.15, 0.2) is 0 Å². The van der Waals surface area contributed by atoms with Crippen LogP contribution in [0.15, 0.2) is 10.9 Å². The Hall–Kier alpha value is -0.360. The van der Waals surface area contributed by atoms with E-state index >= 15 is 0 Å². The van der Waals surface area contributed by atoms with Crippen molar-refractivity contribution >= 4 is 42.1 Å². The molecule has 1 N–H and O–H groups in total. The smallest absolute Gasteiger partial charge is 0.273 e. The third-order valence-corrected chi connectivity index (χ3v) is 4.55. The zero-order chi connectivity index (χ0) is 11.8. The van der Waals surface area contributed by atoms with Gasteiger partial charge in [-0.1, -0.05) is 0 Å². The van der Waals surface area contributed by atoms with Gasteiger partial charge in [0, 0.05) is 30.6 Å². The van der Waals surface area contributed by atoms with Gasteiger partial charge >= 0.3 is 0 Å². The molecule has 3 heterocycles. The van der Waals surface area contributed by atoms with E-state index in [1.54, 1.807) is 5.51 Å². The Balaban J connectivity index is 0.000000902. The Morgan fingerprint density at radius 2 is 2.00 bits per heavy atom. The van der Waals surface area contributed by atoms with Crippen LogP contribution in [0.1, 0.15) is 36.2 Å². The van der Waals surface area contributed by atoms with Crippen molar-refractivity contribution in [3.63, 3.8) is 0 Å². The Morgan fingerprint density at radius 1 is 1.37 bits per heavy atom. The van der Waals surface area contributed by atoms with E-state index in [-0.39, 0.29) is 30.7 Å². The molecule has 2 bridgehead atoms. The zero-order valence-electron chi connectivity index (χ0n) is 10.7. The average Bonchev–Trinajstić information content (AvgIpc) is 2.97. The van der Waals surface area contributed by atoms with Crippen LogP contribution >= 0.6 is 36.2 Å². The largest absolute Gasteiger partial charge is 0.337 e. The van der Waals surface area contributed by atoms with Crippen LogP contribution in [0.2, 0.25) is 0 Å². The van der Waals surface area contributed by atoms with E-state index in [4.69, 9.17) is 0 Å². The number of fused-ring (bicyclic) bond motifs is 2. The first-order valence-electron chi connectivity index (χ1n) is 6.15. The molecule has 0 aliphatic carbocycles. The van der Waals surface area contributed by atoms with Crippen LogP contribution in [0, 0.1) is 0 Å². The van der Waals surface area contributed by atoms with Crippen LogP contribution in [0.3, 0.4) is 0 Å². The highest BCUT2D eigenvalue weighted by atomic mass is 35.5. The van der Waals surface area contributed by atoms with Crippen molar-refractivity contribution in [3.05, 3.63) is 16.6 Å². The van der Waals surface area contributed by atoms with Crippen molar-refractivity contribution in [3.8, 4) is 0 Å². The predicted octanol–water partition coefficient (Wildman–Crippen LogP) is 2.34. The molecule has 1 aromatic rings. The van der Waals surface area contributed by atoms with Gasteiger partial charge in [-0.05, 0) is 25.7 Å². The molecule has 1 aromatic heterocycles. The summed E-state index contributed by atoms with van der Waals surface area (Å²) >= 11 is 1.47. The number of thiazole rings is 1. The van der Waals surface area contributed by atoms with Crippen molar-refractivity contribution < 1.29 is 4.79 Å². The molecule has 0 radical (unpaired) electrons. The number of carbonyl (C=O) groups is 1. The van der Waals surface area contributed by atoms with Gasteiger partial charge in [-0.2, -0.15) is 0 Å². The maximum Gasteiger partial charge on any atom is 0.273 e. The van der Waals surface area contributed by atoms with E-state index in [0.29, 0.717) is 23.8 Å². The minimum absolute atomic E-state index is 0. The molecular formula is C12H19Cl2N3OS. The summed E-state index contributed by atoms with van der Waals surface area (Å²) in [5.74, 6) is 0.0672. The molecule has 2 aliphatic heterocycles. The first-order valence-corrected chi connectivity index (χ1v) is 7.09. The molecule has 0 spiro atoms. The number of amides is 1. The molecule has 4 nitrogen and oxygen atoms in total. The fraction of sp³-hybridized carbons (Fsp3) is 0.667. The summed E-state index contributed by atoms with van der Waals surface area (Å²) in [6.07, 6.45) is 4.70. The number of aromatic nitrogens is 1. The minimum Gasteiger partial charge on any atom is -0.337 e. The number of hydrogen-bond donors (Lipinski definition) is 1. The number of nitrogens with one attached hydrogen (secondary N) is 1. The molecule has 3 rings (SSSR count). The lowest BCUT2D eigenvalue weighted by Crippen LogP contribution is -2.48. The van der Waals surface area contributed by atoms with Crippen LogP contribution in [0.5, 0.6) is 0 Å². The highest BCUT2D eigenvalue weighted by molar-refractivity contribution is 7.07. The van der Waals surface area contributed by atoms with Gasteiger partial charge in [0.1, 0.15) is 5.69 Å². The number of hydrogen-bond acceptors (Lipinski definition) is 4. The summed E-state index contributed by atoms with van der Waals surface area (Å²) < 4.78 is 0. The second-order valence-electron chi connectivity index (χ2n) is 5.05. The Kier molecular flexibility index (Phi) is 6.05. The van der Waals surface area contributed by atoms with Gasteiger partial charge in [-0.3, -0.25) is 4.79 Å². The van der Waals surface area contributed by atoms with E-state index in [0.717, 1.165) is 12.8 Å². The quantitative estimate of drug-likeness (QED) is 0.908. The van der Waals surface area contributed by atoms with Gasteiger partial charge in [-0.25, -0.2) is 4.98 Å². The summed E-state index contributed by atoms with van der Waals surface area (Å²) in [6, 6.07) is 1.61. The van der Waals surface area contributed by atoms with Crippen molar-refractivity contribution in [2.75, 3.05) is 7.05 Å². The Morgan fingerprint density at radius 3 is 2.53 bits per heavy atom. The SMILES string of the molecule is CN(C(=O)c1cscn1)C1CC2CCC(C1)N2.Cl.Cl. The molecule has 108 valence electrons. The lowest BCUT2D eigenvalue weighted by molar-refractivity contribution is 0.0676. The molecular weight excluding hydrogens is 305 g/mol. The Labute approximate surface area is 129 Å². The van der Waals surface area contributed by atoms with Crippen LogP contribution in [0.25, 0.3) is 0 Å². The number of piperidine rings is 1. The predicted molar refractivity (Wildman–Crippen MR) is 81.7 cm³/mol. The molecule has 2 fully saturated rings. The average molecular weight is 324 g/mol. The van der Waals surface area contributed by atoms with Crippen molar-refractivity contribution in [1.82, 2.24) is 15.2 Å². The summed E-state index contributed by atoms with van der Waals surface area (Å²) in [6.45, 7) is 0. The highest BCUT2D eigenvalue weighted by Crippen LogP contribution is 2.29. The molecule has 2 atom stereocenters. The first kappa shape index (κ1) is 16.7. The third-order valence-electron chi connectivity index (χ3n) is 3.97. The van der Waals surface area contributed by atoms with Crippen LogP contribution in [-0.2, 0) is 0 Å². The van der Waals surface area contributed by atoms with Crippen LogP contribution in [0.4, 0.5) is 0 Å². The second-order valence-corrected chi connectivity index (χ2v) is 5.77. The van der Waals surface area contributed by atoms with E-state index in [2.05, 4.69) is 10.3 Å². The van der Waals surface area contributed by atoms with E-state index in [1.807, 2.05) is 17.3 Å². The molecule has 0 aromatic carbocycles. The maximum atomic E-state index is 12.2. The number of halogens is 2. The zero-order valence-corrected chi connectivity index (χ0v) is 13.2. The lowest BCUT2D eigenvalue weighted by Gasteiger charge is -2.35. The summed E-state index contributed by atoms with van der Waals surface area (Å²) in [5, 5.41) is 5.43. The summed E-state index contributed by atoms with van der Waals surface area (Å²) in [5.41, 5.74) is 2.30. The molecule has 19 heavy (non-hydrogen) atoms. The topological polar surface area (TPSA) is 45.2 Å². The Bertz CT molecular complexity index is 403. The minimum atomic E-state index is 0. The van der Waals surface area contributed by atoms with Crippen molar-refractivity contribution in [2.24, 2.45) is 0 Å².